The van der Waals surface area contributed by atoms with Crippen LogP contribution in [0, 0.1) is 23.3 Å². The Balaban J connectivity index is 2.17. The largest absolute Gasteiger partial charge is 0.573 e. The molecule has 6 radical (unpaired) electrons. The van der Waals surface area contributed by atoms with Crippen molar-refractivity contribution < 1.29 is 50.2 Å². The van der Waals surface area contributed by atoms with Crippen LogP contribution in [-0.4, -0.2) is 46.9 Å². The molecule has 0 unspecified atom stereocenters. The van der Waals surface area contributed by atoms with Crippen LogP contribution in [0.2, 0.25) is 0 Å². The molecule has 0 heterocycles. The Kier molecular flexibility index (Phi) is 7.01. The van der Waals surface area contributed by atoms with Gasteiger partial charge in [-0.1, -0.05) is 17.0 Å². The predicted octanol–water partition coefficient (Wildman–Crippen LogP) is 1.69. The van der Waals surface area contributed by atoms with Gasteiger partial charge in [0.2, 0.25) is 0 Å². The topological polar surface area (TPSA) is 75.6 Å². The number of carbonyl (C=O) groups excluding carboxylic acids is 1. The first-order valence-corrected chi connectivity index (χ1v) is 9.51. The van der Waals surface area contributed by atoms with E-state index in [0.717, 1.165) is 0 Å². The second-order valence-electron chi connectivity index (χ2n) is 7.30. The monoisotopic (exact) mass is 493 g/mol. The van der Waals surface area contributed by atoms with Gasteiger partial charge in [-0.3, -0.25) is 4.79 Å². The molecule has 1 aliphatic carbocycles. The fourth-order valence-electron chi connectivity index (χ4n) is 3.62. The minimum absolute atomic E-state index is 0.0112. The number of carbonyl (C=O) groups is 2. The van der Waals surface area contributed by atoms with Crippen LogP contribution >= 0.6 is 0 Å². The van der Waals surface area contributed by atoms with Crippen molar-refractivity contribution in [1.82, 2.24) is 0 Å². The number of nitrogens with one attached hydrogen (secondary N) is 1. The molecule has 15 heteroatoms. The summed E-state index contributed by atoms with van der Waals surface area (Å²) in [6, 6.07) is 0.580. The van der Waals surface area contributed by atoms with Gasteiger partial charge < -0.3 is 15.2 Å². The SMILES string of the molecule is [B]c1cc([B])c(-c2c(F)c(F)c(NC(=O)C3=C(C(=O)O)CCC3)c(F)c2F)c([B])c1OC(F)(F)F. The lowest BCUT2D eigenvalue weighted by molar-refractivity contribution is -0.273. The lowest BCUT2D eigenvalue weighted by Crippen LogP contribution is -2.34. The van der Waals surface area contributed by atoms with Gasteiger partial charge in [-0.2, -0.15) is 0 Å². The van der Waals surface area contributed by atoms with E-state index in [1.54, 1.807) is 5.32 Å². The van der Waals surface area contributed by atoms with Crippen molar-refractivity contribution in [2.24, 2.45) is 0 Å². The van der Waals surface area contributed by atoms with Crippen LogP contribution < -0.4 is 26.4 Å². The molecule has 2 N–H and O–H groups in total. The Labute approximate surface area is 196 Å². The fourth-order valence-corrected chi connectivity index (χ4v) is 3.62. The smallest absolute Gasteiger partial charge is 0.478 e. The quantitative estimate of drug-likeness (QED) is 0.379. The maximum absolute atomic E-state index is 14.9. The number of carboxylic acid groups (broad SMARTS) is 1. The third-order valence-corrected chi connectivity index (χ3v) is 5.10. The Bertz CT molecular complexity index is 1270. The number of rotatable bonds is 5. The highest BCUT2D eigenvalue weighted by Gasteiger charge is 2.35. The average molecular weight is 493 g/mol. The van der Waals surface area contributed by atoms with Gasteiger partial charge in [0.25, 0.3) is 5.91 Å². The van der Waals surface area contributed by atoms with E-state index in [4.69, 9.17) is 28.6 Å². The van der Waals surface area contributed by atoms with Crippen molar-refractivity contribution in [3.05, 3.63) is 40.5 Å². The van der Waals surface area contributed by atoms with E-state index in [1.165, 1.54) is 0 Å². The number of alkyl halides is 3. The summed E-state index contributed by atoms with van der Waals surface area (Å²) < 4.78 is 101. The van der Waals surface area contributed by atoms with Crippen molar-refractivity contribution in [1.29, 1.82) is 0 Å². The average Bonchev–Trinajstić information content (AvgIpc) is 3.25. The summed E-state index contributed by atoms with van der Waals surface area (Å²) in [5.41, 5.74) is -7.66. The summed E-state index contributed by atoms with van der Waals surface area (Å²) in [6.07, 6.45) is -5.18. The minimum atomic E-state index is -5.35. The Hall–Kier alpha value is -3.38. The third kappa shape index (κ3) is 4.89. The summed E-state index contributed by atoms with van der Waals surface area (Å²) in [4.78, 5) is 23.5. The van der Waals surface area contributed by atoms with Crippen LogP contribution in [0.15, 0.2) is 17.2 Å². The molecule has 1 aliphatic rings. The molecule has 35 heavy (non-hydrogen) atoms. The number of anilines is 1. The van der Waals surface area contributed by atoms with E-state index in [2.05, 4.69) is 4.74 Å². The van der Waals surface area contributed by atoms with Gasteiger partial charge in [0.05, 0.1) is 5.56 Å². The summed E-state index contributed by atoms with van der Waals surface area (Å²) in [6.45, 7) is 0. The van der Waals surface area contributed by atoms with E-state index in [1.807, 2.05) is 0 Å². The van der Waals surface area contributed by atoms with Gasteiger partial charge in [-0.15, -0.1) is 13.2 Å². The zero-order valence-electron chi connectivity index (χ0n) is 17.2. The lowest BCUT2D eigenvalue weighted by atomic mass is 9.73. The molecule has 5 nitrogen and oxygen atoms in total. The molecule has 0 saturated heterocycles. The van der Waals surface area contributed by atoms with E-state index in [9.17, 15) is 40.3 Å². The Morgan fingerprint density at radius 1 is 0.886 bits per heavy atom. The number of carboxylic acids is 1. The van der Waals surface area contributed by atoms with Crippen LogP contribution in [0.1, 0.15) is 19.3 Å². The summed E-state index contributed by atoms with van der Waals surface area (Å²) in [5, 5.41) is 10.7. The van der Waals surface area contributed by atoms with Crippen LogP contribution in [0.4, 0.5) is 36.4 Å². The van der Waals surface area contributed by atoms with E-state index < -0.39 is 80.5 Å². The second-order valence-corrected chi connectivity index (χ2v) is 7.30. The molecule has 0 bridgehead atoms. The predicted molar refractivity (Wildman–Crippen MR) is 112 cm³/mol. The molecule has 0 fully saturated rings. The zero-order valence-corrected chi connectivity index (χ0v) is 17.2. The van der Waals surface area contributed by atoms with Crippen molar-refractivity contribution >= 4 is 57.5 Å². The van der Waals surface area contributed by atoms with Gasteiger partial charge in [0.1, 0.15) is 35.0 Å². The molecule has 0 spiro atoms. The first-order valence-electron chi connectivity index (χ1n) is 9.51. The van der Waals surface area contributed by atoms with Gasteiger partial charge in [-0.05, 0) is 30.3 Å². The summed E-state index contributed by atoms with van der Waals surface area (Å²) in [5.74, 6) is -12.7. The maximum atomic E-state index is 14.9. The second kappa shape index (κ2) is 9.35. The van der Waals surface area contributed by atoms with Crippen molar-refractivity contribution in [3.8, 4) is 16.9 Å². The molecule has 2 aromatic carbocycles. The first kappa shape index (κ1) is 26.2. The van der Waals surface area contributed by atoms with E-state index >= 15 is 0 Å². The van der Waals surface area contributed by atoms with Crippen LogP contribution in [0.5, 0.6) is 5.75 Å². The van der Waals surface area contributed by atoms with Crippen molar-refractivity contribution in [3.63, 3.8) is 0 Å². The van der Waals surface area contributed by atoms with Gasteiger partial charge in [-0.25, -0.2) is 22.4 Å². The Morgan fingerprint density at radius 3 is 1.94 bits per heavy atom. The molecule has 0 saturated carbocycles. The van der Waals surface area contributed by atoms with Gasteiger partial charge >= 0.3 is 12.3 Å². The van der Waals surface area contributed by atoms with Crippen LogP contribution in [-0.2, 0) is 9.59 Å². The van der Waals surface area contributed by atoms with Crippen molar-refractivity contribution in [2.75, 3.05) is 5.32 Å². The van der Waals surface area contributed by atoms with E-state index in [-0.39, 0.29) is 30.4 Å². The summed E-state index contributed by atoms with van der Waals surface area (Å²) in [7, 11) is 16.4. The highest BCUT2D eigenvalue weighted by molar-refractivity contribution is 6.49. The normalized spacial score (nSPS) is 13.8. The number of amides is 1. The number of ether oxygens (including phenoxy) is 1. The molecular weight excluding hydrogens is 484 g/mol. The molecule has 176 valence electrons. The van der Waals surface area contributed by atoms with Gasteiger partial charge in [0.15, 0.2) is 23.3 Å². The standard InChI is InChI=1S/C20H9B3F7NO4/c21-7-4-8(22)17(35-20(28,29)30)11(23)9(7)10-12(24)14(26)16(15(27)13(10)25)31-18(32)5-2-1-3-6(5)19(33)34/h4H,1-3H2,(H,31,32)(H,33,34). The van der Waals surface area contributed by atoms with Crippen molar-refractivity contribution in [2.45, 2.75) is 25.6 Å². The lowest BCUT2D eigenvalue weighted by Gasteiger charge is -2.21. The number of halogens is 7. The highest BCUT2D eigenvalue weighted by Crippen LogP contribution is 2.35. The molecule has 0 aromatic heterocycles. The minimum Gasteiger partial charge on any atom is -0.478 e. The third-order valence-electron chi connectivity index (χ3n) is 5.10. The van der Waals surface area contributed by atoms with Crippen LogP contribution in [0.25, 0.3) is 11.1 Å². The number of hydrogen-bond donors (Lipinski definition) is 2. The highest BCUT2D eigenvalue weighted by atomic mass is 19.4. The molecule has 1 amide bonds. The molecule has 0 aliphatic heterocycles. The number of aliphatic carboxylic acids is 1. The molecular formula is C20H9B3F7NO4. The number of hydrogen-bond acceptors (Lipinski definition) is 3. The first-order chi connectivity index (χ1) is 16.2. The van der Waals surface area contributed by atoms with Crippen LogP contribution in [0.3, 0.4) is 0 Å². The molecule has 0 atom stereocenters. The summed E-state index contributed by atoms with van der Waals surface area (Å²) >= 11 is 0. The van der Waals surface area contributed by atoms with E-state index in [0.29, 0.717) is 6.07 Å². The number of benzene rings is 2. The zero-order chi connectivity index (χ0) is 26.4. The van der Waals surface area contributed by atoms with Gasteiger partial charge in [0, 0.05) is 11.1 Å². The molecule has 3 rings (SSSR count). The molecule has 2 aromatic rings. The fraction of sp³-hybridized carbons (Fsp3) is 0.200. The maximum Gasteiger partial charge on any atom is 0.573 e. The Morgan fingerprint density at radius 2 is 1.43 bits per heavy atom.